The van der Waals surface area contributed by atoms with Crippen LogP contribution < -0.4 is 9.05 Å². The SMILES string of the molecule is C[C@@H](O)[C@H]1C(=O)N2C(C(=O)OC(=O)c3ccc([N+](=O)[O-])cc3)=C(OP(=O)(Oc3ccccc3)Oc3ccccc3)[C@H](C)[C@H]12. The first kappa shape index (κ1) is 29.5. The second kappa shape index (κ2) is 11.7. The van der Waals surface area contributed by atoms with Crippen LogP contribution in [0.3, 0.4) is 0 Å². The molecule has 1 N–H and O–H groups in total. The maximum atomic E-state index is 14.2. The number of carbonyl (C=O) groups excluding carboxylic acids is 3. The number of aliphatic hydroxyl groups excluding tert-OH is 1. The Balaban J connectivity index is 1.51. The number of nitro groups is 1. The first-order valence-corrected chi connectivity index (χ1v) is 14.5. The number of amides is 1. The van der Waals surface area contributed by atoms with Crippen LogP contribution in [0.5, 0.6) is 11.5 Å². The molecule has 0 saturated carbocycles. The van der Waals surface area contributed by atoms with E-state index in [9.17, 15) is 34.2 Å². The van der Waals surface area contributed by atoms with E-state index in [1.807, 2.05) is 0 Å². The van der Waals surface area contributed by atoms with Gasteiger partial charge in [0.15, 0.2) is 5.70 Å². The topological polar surface area (TPSA) is 172 Å². The average molecular weight is 608 g/mol. The van der Waals surface area contributed by atoms with Crippen LogP contribution >= 0.6 is 7.82 Å². The van der Waals surface area contributed by atoms with E-state index >= 15 is 0 Å². The number of rotatable bonds is 10. The summed E-state index contributed by atoms with van der Waals surface area (Å²) in [6, 6.07) is 19.5. The summed E-state index contributed by atoms with van der Waals surface area (Å²) in [5.74, 6) is -4.92. The molecule has 1 amide bonds. The van der Waals surface area contributed by atoms with Crippen molar-refractivity contribution in [2.45, 2.75) is 26.0 Å². The number of esters is 2. The Morgan fingerprint density at radius 1 is 0.907 bits per heavy atom. The molecule has 2 heterocycles. The minimum Gasteiger partial charge on any atom is -0.393 e. The quantitative estimate of drug-likeness (QED) is 0.0849. The molecule has 222 valence electrons. The molecule has 2 aliphatic heterocycles. The van der Waals surface area contributed by atoms with E-state index in [1.54, 1.807) is 43.3 Å². The molecular weight excluding hydrogens is 583 g/mol. The fourth-order valence-corrected chi connectivity index (χ4v) is 6.31. The predicted molar refractivity (Wildman–Crippen MR) is 148 cm³/mol. The van der Waals surface area contributed by atoms with Crippen molar-refractivity contribution >= 4 is 31.4 Å². The molecule has 3 aromatic rings. The van der Waals surface area contributed by atoms with Gasteiger partial charge in [-0.3, -0.25) is 19.8 Å². The Hall–Kier alpha value is -5.00. The Kier molecular flexibility index (Phi) is 8.03. The highest BCUT2D eigenvalue weighted by Crippen LogP contribution is 2.57. The Bertz CT molecular complexity index is 1600. The van der Waals surface area contributed by atoms with Crippen LogP contribution in [0.15, 0.2) is 96.4 Å². The van der Waals surface area contributed by atoms with E-state index in [0.717, 1.165) is 29.2 Å². The van der Waals surface area contributed by atoms with Gasteiger partial charge in [-0.25, -0.2) is 9.59 Å². The smallest absolute Gasteiger partial charge is 0.393 e. The van der Waals surface area contributed by atoms with Crippen LogP contribution in [0.2, 0.25) is 0 Å². The van der Waals surface area contributed by atoms with Gasteiger partial charge in [0.25, 0.3) is 5.69 Å². The van der Waals surface area contributed by atoms with Crippen molar-refractivity contribution in [3.05, 3.63) is 112 Å². The van der Waals surface area contributed by atoms with Crippen molar-refractivity contribution in [3.8, 4) is 11.5 Å². The number of nitro benzene ring substituents is 1. The third-order valence-corrected chi connectivity index (χ3v) is 8.22. The summed E-state index contributed by atoms with van der Waals surface area (Å²) in [5, 5.41) is 21.2. The molecule has 3 aromatic carbocycles. The molecule has 5 rings (SSSR count). The number of phosphoric acid groups is 1. The Morgan fingerprint density at radius 3 is 1.93 bits per heavy atom. The summed E-state index contributed by atoms with van der Waals surface area (Å²) < 4.78 is 36.4. The van der Waals surface area contributed by atoms with E-state index in [2.05, 4.69) is 0 Å². The summed E-state index contributed by atoms with van der Waals surface area (Å²) in [4.78, 5) is 50.6. The molecule has 1 fully saturated rings. The van der Waals surface area contributed by atoms with Crippen molar-refractivity contribution in [2.75, 3.05) is 0 Å². The van der Waals surface area contributed by atoms with Gasteiger partial charge in [0, 0.05) is 18.1 Å². The number of hydrogen-bond acceptors (Lipinski definition) is 11. The normalized spacial score (nSPS) is 20.0. The van der Waals surface area contributed by atoms with Crippen molar-refractivity contribution in [1.82, 2.24) is 4.90 Å². The number of β-lactam (4-membered cyclic amide) rings is 1. The highest BCUT2D eigenvalue weighted by atomic mass is 31.2. The lowest BCUT2D eigenvalue weighted by Gasteiger charge is -2.46. The lowest BCUT2D eigenvalue weighted by atomic mass is 9.79. The van der Waals surface area contributed by atoms with Gasteiger partial charge in [0.2, 0.25) is 5.91 Å². The van der Waals surface area contributed by atoms with Crippen LogP contribution in [-0.4, -0.2) is 44.9 Å². The van der Waals surface area contributed by atoms with Crippen molar-refractivity contribution in [3.63, 3.8) is 0 Å². The van der Waals surface area contributed by atoms with Gasteiger partial charge in [0.1, 0.15) is 17.3 Å². The van der Waals surface area contributed by atoms with Gasteiger partial charge in [-0.05, 0) is 43.3 Å². The molecule has 0 aliphatic carbocycles. The zero-order chi connectivity index (χ0) is 30.9. The standard InChI is InChI=1S/C29H25N2O11P/c1-17-24-23(18(2)32)27(33)30(24)25(29(35)39-28(34)19-13-15-20(16-14-19)31(36)37)26(17)42-43(38,40-21-9-5-3-6-10-21)41-22-11-7-4-8-12-22/h3-18,23-24,32H,1-2H3/t17-,18-,23-,24-/m1/s1. The minimum absolute atomic E-state index is 0.117. The first-order valence-electron chi connectivity index (χ1n) is 13.0. The van der Waals surface area contributed by atoms with Gasteiger partial charge in [-0.1, -0.05) is 43.3 Å². The highest BCUT2D eigenvalue weighted by Gasteiger charge is 2.62. The zero-order valence-electron chi connectivity index (χ0n) is 22.8. The van der Waals surface area contributed by atoms with Crippen LogP contribution in [0.1, 0.15) is 24.2 Å². The molecule has 4 atom stereocenters. The van der Waals surface area contributed by atoms with Crippen LogP contribution in [0.25, 0.3) is 0 Å². The number of aliphatic hydroxyl groups is 1. The van der Waals surface area contributed by atoms with Crippen LogP contribution in [-0.2, 0) is 23.4 Å². The van der Waals surface area contributed by atoms with Gasteiger partial charge < -0.3 is 23.4 Å². The van der Waals surface area contributed by atoms with Crippen LogP contribution in [0, 0.1) is 22.0 Å². The summed E-state index contributed by atoms with van der Waals surface area (Å²) in [6.07, 6.45) is -1.09. The number of carbonyl (C=O) groups is 3. The molecule has 14 heteroatoms. The van der Waals surface area contributed by atoms with Crippen molar-refractivity contribution < 1.29 is 47.3 Å². The Morgan fingerprint density at radius 2 is 1.44 bits per heavy atom. The number of phosphoric ester groups is 1. The largest absolute Gasteiger partial charge is 0.646 e. The third-order valence-electron chi connectivity index (χ3n) is 6.93. The van der Waals surface area contributed by atoms with Crippen molar-refractivity contribution in [2.24, 2.45) is 11.8 Å². The minimum atomic E-state index is -4.64. The van der Waals surface area contributed by atoms with Gasteiger partial charge >= 0.3 is 19.8 Å². The molecule has 43 heavy (non-hydrogen) atoms. The zero-order valence-corrected chi connectivity index (χ0v) is 23.7. The lowest BCUT2D eigenvalue weighted by molar-refractivity contribution is -0.384. The molecule has 1 saturated heterocycles. The molecule has 0 unspecified atom stereocenters. The van der Waals surface area contributed by atoms with E-state index in [0.29, 0.717) is 0 Å². The van der Waals surface area contributed by atoms with E-state index in [-0.39, 0.29) is 28.5 Å². The fourth-order valence-electron chi connectivity index (χ4n) is 4.94. The maximum absolute atomic E-state index is 14.2. The molecule has 0 spiro atoms. The number of fused-ring (bicyclic) bond motifs is 1. The molecule has 13 nitrogen and oxygen atoms in total. The van der Waals surface area contributed by atoms with Gasteiger partial charge in [0.05, 0.1) is 28.6 Å². The number of para-hydroxylation sites is 2. The van der Waals surface area contributed by atoms with Crippen LogP contribution in [0.4, 0.5) is 5.69 Å². The second-order valence-electron chi connectivity index (χ2n) is 9.79. The third kappa shape index (κ3) is 5.85. The number of nitrogens with zero attached hydrogens (tertiary/aromatic N) is 2. The maximum Gasteiger partial charge on any atom is 0.646 e. The summed E-state index contributed by atoms with van der Waals surface area (Å²) in [6.45, 7) is 3.01. The molecule has 0 radical (unpaired) electrons. The summed E-state index contributed by atoms with van der Waals surface area (Å²) >= 11 is 0. The molecule has 2 aliphatic rings. The Labute approximate surface area is 245 Å². The summed E-state index contributed by atoms with van der Waals surface area (Å²) in [7, 11) is -4.64. The predicted octanol–water partition coefficient (Wildman–Crippen LogP) is 4.63. The molecule has 0 bridgehead atoms. The number of non-ortho nitro benzene ring substituents is 1. The average Bonchev–Trinajstić information content (AvgIpc) is 3.21. The number of benzene rings is 3. The van der Waals surface area contributed by atoms with Gasteiger partial charge in [-0.15, -0.1) is 0 Å². The molecule has 0 aromatic heterocycles. The van der Waals surface area contributed by atoms with E-state index in [1.165, 1.54) is 31.2 Å². The van der Waals surface area contributed by atoms with E-state index in [4.69, 9.17) is 18.3 Å². The first-order chi connectivity index (χ1) is 20.5. The highest BCUT2D eigenvalue weighted by molar-refractivity contribution is 7.49. The second-order valence-corrected chi connectivity index (χ2v) is 11.2. The number of ether oxygens (including phenoxy) is 1. The monoisotopic (exact) mass is 608 g/mol. The van der Waals surface area contributed by atoms with E-state index < -0.39 is 60.3 Å². The number of hydrogen-bond donors (Lipinski definition) is 1. The fraction of sp³-hybridized carbons (Fsp3) is 0.207. The molecular formula is C29H25N2O11P. The lowest BCUT2D eigenvalue weighted by Crippen LogP contribution is -2.63. The van der Waals surface area contributed by atoms with Crippen molar-refractivity contribution in [1.29, 1.82) is 0 Å². The summed E-state index contributed by atoms with van der Waals surface area (Å²) in [5.41, 5.74) is -0.966. The van der Waals surface area contributed by atoms with Gasteiger partial charge in [-0.2, -0.15) is 4.57 Å².